The third kappa shape index (κ3) is 2.83. The van der Waals surface area contributed by atoms with E-state index in [-0.39, 0.29) is 0 Å². The van der Waals surface area contributed by atoms with Gasteiger partial charge in [0.2, 0.25) is 0 Å². The minimum atomic E-state index is 0.516. The van der Waals surface area contributed by atoms with E-state index in [1.807, 2.05) is 12.1 Å². The Kier molecular flexibility index (Phi) is 3.75. The Hall–Kier alpha value is -1.40. The predicted octanol–water partition coefficient (Wildman–Crippen LogP) is 2.57. The van der Waals surface area contributed by atoms with Crippen LogP contribution in [0.2, 0.25) is 0 Å². The van der Waals surface area contributed by atoms with E-state index < -0.39 is 0 Å². The molecule has 1 atom stereocenters. The fourth-order valence-corrected chi connectivity index (χ4v) is 2.67. The summed E-state index contributed by atoms with van der Waals surface area (Å²) in [6.45, 7) is 6.69. The van der Waals surface area contributed by atoms with Crippen molar-refractivity contribution in [2.24, 2.45) is 5.92 Å². The maximum absolute atomic E-state index is 8.84. The Bertz CT molecular complexity index is 420. The van der Waals surface area contributed by atoms with Crippen molar-refractivity contribution in [2.45, 2.75) is 39.3 Å². The van der Waals surface area contributed by atoms with E-state index in [0.29, 0.717) is 17.7 Å². The quantitative estimate of drug-likeness (QED) is 0.799. The zero-order valence-corrected chi connectivity index (χ0v) is 10.6. The Balaban J connectivity index is 2.07. The summed E-state index contributed by atoms with van der Waals surface area (Å²) in [5.74, 6) is 0.703. The highest BCUT2D eigenvalue weighted by atomic mass is 15.2. The van der Waals surface area contributed by atoms with Crippen molar-refractivity contribution in [1.29, 1.82) is 5.26 Å². The van der Waals surface area contributed by atoms with E-state index in [9.17, 15) is 0 Å². The largest absolute Gasteiger partial charge is 0.296 e. The Morgan fingerprint density at radius 2 is 2.41 bits per heavy atom. The van der Waals surface area contributed by atoms with Crippen LogP contribution in [0, 0.1) is 17.2 Å². The highest BCUT2D eigenvalue weighted by Crippen LogP contribution is 2.25. The van der Waals surface area contributed by atoms with Gasteiger partial charge in [-0.2, -0.15) is 5.26 Å². The molecule has 0 N–H and O–H groups in total. The molecule has 0 aliphatic carbocycles. The van der Waals surface area contributed by atoms with Crippen molar-refractivity contribution >= 4 is 0 Å². The third-order valence-electron chi connectivity index (χ3n) is 3.51. The lowest BCUT2D eigenvalue weighted by Crippen LogP contribution is -2.32. The molecule has 1 saturated heterocycles. The van der Waals surface area contributed by atoms with Gasteiger partial charge in [0.05, 0.1) is 0 Å². The number of nitrogens with zero attached hydrogens (tertiary/aromatic N) is 3. The van der Waals surface area contributed by atoms with Gasteiger partial charge in [0.15, 0.2) is 0 Å². The van der Waals surface area contributed by atoms with E-state index >= 15 is 0 Å². The standard InChI is InChI=1S/C14H19N3/c1-11(2)14-4-3-7-17(14)10-12-5-6-16-13(8-12)9-15/h5-6,8,11,14H,3-4,7,10H2,1-2H3. The average molecular weight is 229 g/mol. The molecule has 2 rings (SSSR count). The zero-order chi connectivity index (χ0) is 12.3. The second-order valence-electron chi connectivity index (χ2n) is 5.09. The number of aromatic nitrogens is 1. The van der Waals surface area contributed by atoms with Crippen molar-refractivity contribution < 1.29 is 0 Å². The second kappa shape index (κ2) is 5.29. The normalized spacial score (nSPS) is 20.7. The molecule has 1 aliphatic rings. The number of likely N-dealkylation sites (tertiary alicyclic amines) is 1. The molecule has 1 unspecified atom stereocenters. The van der Waals surface area contributed by atoms with Crippen molar-refractivity contribution in [1.82, 2.24) is 9.88 Å². The van der Waals surface area contributed by atoms with Crippen LogP contribution in [0.25, 0.3) is 0 Å². The highest BCUT2D eigenvalue weighted by Gasteiger charge is 2.26. The van der Waals surface area contributed by atoms with E-state index in [1.54, 1.807) is 6.20 Å². The van der Waals surface area contributed by atoms with Crippen LogP contribution in [0.1, 0.15) is 37.9 Å². The van der Waals surface area contributed by atoms with Crippen LogP contribution in [0.4, 0.5) is 0 Å². The van der Waals surface area contributed by atoms with Gasteiger partial charge in [-0.05, 0) is 43.0 Å². The van der Waals surface area contributed by atoms with Gasteiger partial charge in [0.1, 0.15) is 11.8 Å². The fourth-order valence-electron chi connectivity index (χ4n) is 2.67. The van der Waals surface area contributed by atoms with Gasteiger partial charge >= 0.3 is 0 Å². The first-order valence-corrected chi connectivity index (χ1v) is 6.30. The van der Waals surface area contributed by atoms with Crippen molar-refractivity contribution in [2.75, 3.05) is 6.54 Å². The molecule has 0 spiro atoms. The molecule has 0 radical (unpaired) electrons. The summed E-state index contributed by atoms with van der Waals surface area (Å²) in [5.41, 5.74) is 1.71. The summed E-state index contributed by atoms with van der Waals surface area (Å²) < 4.78 is 0. The van der Waals surface area contributed by atoms with Crippen LogP contribution in [0.15, 0.2) is 18.3 Å². The SMILES string of the molecule is CC(C)C1CCCN1Cc1ccnc(C#N)c1. The van der Waals surface area contributed by atoms with Crippen LogP contribution < -0.4 is 0 Å². The molecule has 3 heteroatoms. The van der Waals surface area contributed by atoms with Crippen LogP contribution in [-0.4, -0.2) is 22.5 Å². The fraction of sp³-hybridized carbons (Fsp3) is 0.571. The van der Waals surface area contributed by atoms with Crippen LogP contribution in [0.3, 0.4) is 0 Å². The molecule has 0 bridgehead atoms. The molecule has 1 fully saturated rings. The van der Waals surface area contributed by atoms with Crippen molar-refractivity contribution in [3.05, 3.63) is 29.6 Å². The molecule has 0 amide bonds. The second-order valence-corrected chi connectivity index (χ2v) is 5.09. The van der Waals surface area contributed by atoms with E-state index in [2.05, 4.69) is 29.8 Å². The van der Waals surface area contributed by atoms with Crippen LogP contribution >= 0.6 is 0 Å². The Morgan fingerprint density at radius 1 is 1.59 bits per heavy atom. The van der Waals surface area contributed by atoms with Gasteiger partial charge in [0.25, 0.3) is 0 Å². The maximum atomic E-state index is 8.84. The first-order valence-electron chi connectivity index (χ1n) is 6.30. The summed E-state index contributed by atoms with van der Waals surface area (Å²) in [5, 5.41) is 8.84. The molecule has 1 aromatic rings. The third-order valence-corrected chi connectivity index (χ3v) is 3.51. The molecule has 17 heavy (non-hydrogen) atoms. The average Bonchev–Trinajstić information content (AvgIpc) is 2.77. The molecule has 2 heterocycles. The topological polar surface area (TPSA) is 39.9 Å². The first-order chi connectivity index (χ1) is 8.20. The molecule has 0 aromatic carbocycles. The molecule has 90 valence electrons. The smallest absolute Gasteiger partial charge is 0.140 e. The van der Waals surface area contributed by atoms with Crippen molar-refractivity contribution in [3.63, 3.8) is 0 Å². The molecular weight excluding hydrogens is 210 g/mol. The van der Waals surface area contributed by atoms with Gasteiger partial charge in [-0.15, -0.1) is 0 Å². The zero-order valence-electron chi connectivity index (χ0n) is 10.6. The van der Waals surface area contributed by atoms with Gasteiger partial charge in [-0.1, -0.05) is 13.8 Å². The highest BCUT2D eigenvalue weighted by molar-refractivity contribution is 5.25. The van der Waals surface area contributed by atoms with Gasteiger partial charge in [-0.3, -0.25) is 4.90 Å². The monoisotopic (exact) mass is 229 g/mol. The number of hydrogen-bond donors (Lipinski definition) is 0. The van der Waals surface area contributed by atoms with Crippen LogP contribution in [0.5, 0.6) is 0 Å². The number of rotatable bonds is 3. The molecule has 3 nitrogen and oxygen atoms in total. The summed E-state index contributed by atoms with van der Waals surface area (Å²) >= 11 is 0. The predicted molar refractivity (Wildman–Crippen MR) is 67.2 cm³/mol. The van der Waals surface area contributed by atoms with Crippen LogP contribution in [-0.2, 0) is 6.54 Å². The lowest BCUT2D eigenvalue weighted by atomic mass is 10.0. The Morgan fingerprint density at radius 3 is 3.12 bits per heavy atom. The van der Waals surface area contributed by atoms with E-state index in [0.717, 1.165) is 6.54 Å². The first kappa shape index (κ1) is 12.1. The van der Waals surface area contributed by atoms with Crippen molar-refractivity contribution in [3.8, 4) is 6.07 Å². The minimum absolute atomic E-state index is 0.516. The molecular formula is C14H19N3. The van der Waals surface area contributed by atoms with Gasteiger partial charge in [0, 0.05) is 18.8 Å². The number of pyridine rings is 1. The summed E-state index contributed by atoms with van der Waals surface area (Å²) in [6, 6.07) is 6.69. The maximum Gasteiger partial charge on any atom is 0.140 e. The lowest BCUT2D eigenvalue weighted by Gasteiger charge is -2.27. The van der Waals surface area contributed by atoms with Gasteiger partial charge < -0.3 is 0 Å². The number of nitriles is 1. The number of hydrogen-bond acceptors (Lipinski definition) is 3. The minimum Gasteiger partial charge on any atom is -0.296 e. The van der Waals surface area contributed by atoms with Gasteiger partial charge in [-0.25, -0.2) is 4.98 Å². The molecule has 0 saturated carbocycles. The summed E-state index contributed by atoms with van der Waals surface area (Å²) in [6.07, 6.45) is 4.32. The summed E-state index contributed by atoms with van der Waals surface area (Å²) in [7, 11) is 0. The molecule has 1 aliphatic heterocycles. The van der Waals surface area contributed by atoms with E-state index in [4.69, 9.17) is 5.26 Å². The van der Waals surface area contributed by atoms with E-state index in [1.165, 1.54) is 24.9 Å². The molecule has 1 aromatic heterocycles. The summed E-state index contributed by atoms with van der Waals surface area (Å²) in [4.78, 5) is 6.54. The Labute approximate surface area is 103 Å². The lowest BCUT2D eigenvalue weighted by molar-refractivity contribution is 0.199.